The Hall–Kier alpha value is -3.86. The molecule has 1 aliphatic heterocycles. The molecule has 0 atom stereocenters. The second-order valence-electron chi connectivity index (χ2n) is 9.97. The standard InChI is InChI=1S/C33H32N4O5.Na/c38-30(35-29-12-11-27(21-28(29)33(40)41)24-13-15-34-16-14-24)22-42-23-31(39)36-17-19-37(20-18-36)32(25-7-3-1-4-8-25)26-9-5-2-6-10-26;/h1-16,21,32H,17-20,22-23H2,(H,35,38)(H,40,41);/q;+1/p-1. The summed E-state index contributed by atoms with van der Waals surface area (Å²) in [7, 11) is 0. The summed E-state index contributed by atoms with van der Waals surface area (Å²) in [5, 5.41) is 14.3. The molecule has 1 aromatic heterocycles. The summed E-state index contributed by atoms with van der Waals surface area (Å²) in [6.07, 6.45) is 3.21. The van der Waals surface area contributed by atoms with Gasteiger partial charge in [0.25, 0.3) is 0 Å². The molecule has 1 aliphatic rings. The Morgan fingerprint density at radius 3 is 1.98 bits per heavy atom. The third-order valence-electron chi connectivity index (χ3n) is 7.25. The molecule has 0 aliphatic carbocycles. The van der Waals surface area contributed by atoms with Gasteiger partial charge in [-0.1, -0.05) is 66.7 Å². The number of rotatable bonds is 10. The monoisotopic (exact) mass is 586 g/mol. The molecule has 214 valence electrons. The minimum absolute atomic E-state index is 0. The number of carbonyl (C=O) groups is 3. The van der Waals surface area contributed by atoms with Gasteiger partial charge in [0.15, 0.2) is 0 Å². The van der Waals surface area contributed by atoms with Gasteiger partial charge in [0.1, 0.15) is 13.2 Å². The molecule has 5 rings (SSSR count). The molecule has 4 aromatic rings. The first kappa shape index (κ1) is 32.1. The Morgan fingerprint density at radius 2 is 1.40 bits per heavy atom. The van der Waals surface area contributed by atoms with Crippen LogP contribution in [0.5, 0.6) is 0 Å². The zero-order valence-corrected chi connectivity index (χ0v) is 26.0. The predicted molar refractivity (Wildman–Crippen MR) is 156 cm³/mol. The zero-order chi connectivity index (χ0) is 29.3. The molecule has 1 N–H and O–H groups in total. The number of ether oxygens (including phenoxy) is 1. The van der Waals surface area contributed by atoms with Crippen LogP contribution in [-0.2, 0) is 14.3 Å². The van der Waals surface area contributed by atoms with Crippen molar-refractivity contribution in [3.05, 3.63) is 120 Å². The number of hydrogen-bond acceptors (Lipinski definition) is 7. The number of aromatic carboxylic acids is 1. The SMILES string of the molecule is O=C(COCC(=O)N1CCN(C(c2ccccc2)c2ccccc2)CC1)Nc1ccc(-c2ccncc2)cc1C(=O)[O-].[Na+]. The average Bonchev–Trinajstić information content (AvgIpc) is 3.03. The van der Waals surface area contributed by atoms with E-state index in [2.05, 4.69) is 39.5 Å². The van der Waals surface area contributed by atoms with Crippen LogP contribution >= 0.6 is 0 Å². The minimum Gasteiger partial charge on any atom is -0.545 e. The fourth-order valence-corrected chi connectivity index (χ4v) is 5.17. The molecule has 0 spiro atoms. The van der Waals surface area contributed by atoms with Gasteiger partial charge < -0.3 is 24.9 Å². The van der Waals surface area contributed by atoms with E-state index < -0.39 is 18.5 Å². The van der Waals surface area contributed by atoms with E-state index in [0.29, 0.717) is 31.7 Å². The molecular formula is C33H31N4NaO5. The number of pyridine rings is 1. The second kappa shape index (κ2) is 15.6. The van der Waals surface area contributed by atoms with E-state index in [1.54, 1.807) is 35.5 Å². The molecule has 0 saturated carbocycles. The van der Waals surface area contributed by atoms with E-state index in [0.717, 1.165) is 5.56 Å². The van der Waals surface area contributed by atoms with E-state index in [-0.39, 0.29) is 59.4 Å². The molecule has 1 fully saturated rings. The van der Waals surface area contributed by atoms with Crippen molar-refractivity contribution in [2.75, 3.05) is 44.7 Å². The number of hydrogen-bond donors (Lipinski definition) is 1. The van der Waals surface area contributed by atoms with Gasteiger partial charge in [-0.15, -0.1) is 0 Å². The summed E-state index contributed by atoms with van der Waals surface area (Å²) >= 11 is 0. The molecule has 43 heavy (non-hydrogen) atoms. The van der Waals surface area contributed by atoms with Crippen molar-refractivity contribution in [3.63, 3.8) is 0 Å². The van der Waals surface area contributed by atoms with E-state index in [4.69, 9.17) is 4.74 Å². The summed E-state index contributed by atoms with van der Waals surface area (Å²) in [4.78, 5) is 45.1. The number of piperazine rings is 1. The number of anilines is 1. The number of carboxylic acids is 1. The van der Waals surface area contributed by atoms with Crippen molar-refractivity contribution in [1.82, 2.24) is 14.8 Å². The molecule has 2 amide bonds. The van der Waals surface area contributed by atoms with E-state index in [9.17, 15) is 19.5 Å². The maximum Gasteiger partial charge on any atom is 1.00 e. The minimum atomic E-state index is -1.42. The maximum atomic E-state index is 12.8. The fraction of sp³-hybridized carbons (Fsp3) is 0.212. The molecule has 1 saturated heterocycles. The van der Waals surface area contributed by atoms with Crippen molar-refractivity contribution in [3.8, 4) is 11.1 Å². The number of nitrogens with zero attached hydrogens (tertiary/aromatic N) is 3. The first-order chi connectivity index (χ1) is 20.5. The summed E-state index contributed by atoms with van der Waals surface area (Å²) < 4.78 is 5.40. The van der Waals surface area contributed by atoms with Crippen LogP contribution in [0.2, 0.25) is 0 Å². The smallest absolute Gasteiger partial charge is 0.545 e. The predicted octanol–water partition coefficient (Wildman–Crippen LogP) is 0.00500. The first-order valence-electron chi connectivity index (χ1n) is 13.7. The summed E-state index contributed by atoms with van der Waals surface area (Å²) in [6.45, 7) is 1.84. The van der Waals surface area contributed by atoms with Crippen LogP contribution in [0.3, 0.4) is 0 Å². The van der Waals surface area contributed by atoms with E-state index >= 15 is 0 Å². The van der Waals surface area contributed by atoms with Crippen molar-refractivity contribution in [2.24, 2.45) is 0 Å². The quantitative estimate of drug-likeness (QED) is 0.260. The molecular weight excluding hydrogens is 555 g/mol. The van der Waals surface area contributed by atoms with Crippen molar-refractivity contribution < 1.29 is 53.8 Å². The number of carboxylic acid groups (broad SMARTS) is 1. The number of aromatic nitrogens is 1. The summed E-state index contributed by atoms with van der Waals surface area (Å²) in [5.74, 6) is -2.19. The third-order valence-corrected chi connectivity index (χ3v) is 7.25. The maximum absolute atomic E-state index is 12.8. The number of carbonyl (C=O) groups excluding carboxylic acids is 3. The normalized spacial score (nSPS) is 13.3. The van der Waals surface area contributed by atoms with Crippen molar-refractivity contribution in [2.45, 2.75) is 6.04 Å². The number of benzene rings is 3. The van der Waals surface area contributed by atoms with Gasteiger partial charge in [-0.2, -0.15) is 0 Å². The van der Waals surface area contributed by atoms with Crippen molar-refractivity contribution in [1.29, 1.82) is 0 Å². The van der Waals surface area contributed by atoms with Crippen LogP contribution in [0.4, 0.5) is 5.69 Å². The van der Waals surface area contributed by atoms with Crippen LogP contribution in [0.1, 0.15) is 27.5 Å². The fourth-order valence-electron chi connectivity index (χ4n) is 5.17. The van der Waals surface area contributed by atoms with Gasteiger partial charge in [-0.05, 0) is 46.5 Å². The molecule has 9 nitrogen and oxygen atoms in total. The second-order valence-corrected chi connectivity index (χ2v) is 9.97. The van der Waals surface area contributed by atoms with Crippen LogP contribution in [0, 0.1) is 0 Å². The van der Waals surface area contributed by atoms with Gasteiger partial charge in [-0.3, -0.25) is 19.5 Å². The molecule has 2 heterocycles. The van der Waals surface area contributed by atoms with E-state index in [1.807, 2.05) is 36.4 Å². The Labute approximate surface area is 272 Å². The first-order valence-corrected chi connectivity index (χ1v) is 13.7. The molecule has 0 unspecified atom stereocenters. The molecule has 3 aromatic carbocycles. The van der Waals surface area contributed by atoms with Crippen LogP contribution in [0.25, 0.3) is 11.1 Å². The van der Waals surface area contributed by atoms with Gasteiger partial charge in [0, 0.05) is 49.8 Å². The third kappa shape index (κ3) is 8.37. The van der Waals surface area contributed by atoms with Gasteiger partial charge >= 0.3 is 29.6 Å². The summed E-state index contributed by atoms with van der Waals surface area (Å²) in [6, 6.07) is 28.9. The van der Waals surface area contributed by atoms with Crippen molar-refractivity contribution >= 4 is 23.5 Å². The van der Waals surface area contributed by atoms with Crippen LogP contribution in [0.15, 0.2) is 103 Å². The Kier molecular flexibility index (Phi) is 11.6. The molecule has 0 radical (unpaired) electrons. The molecule has 0 bridgehead atoms. The number of amides is 2. The molecule has 10 heteroatoms. The van der Waals surface area contributed by atoms with Gasteiger partial charge in [0.05, 0.1) is 12.0 Å². The van der Waals surface area contributed by atoms with Crippen LogP contribution in [-0.4, -0.2) is 72.0 Å². The van der Waals surface area contributed by atoms with Gasteiger partial charge in [-0.25, -0.2) is 0 Å². The number of nitrogens with one attached hydrogen (secondary N) is 1. The average molecular weight is 587 g/mol. The topological polar surface area (TPSA) is 115 Å². The van der Waals surface area contributed by atoms with Gasteiger partial charge in [0.2, 0.25) is 11.8 Å². The van der Waals surface area contributed by atoms with E-state index in [1.165, 1.54) is 23.3 Å². The Balaban J connectivity index is 0.00000423. The Morgan fingerprint density at radius 1 is 0.791 bits per heavy atom. The Bertz CT molecular complexity index is 1480. The van der Waals surface area contributed by atoms with Crippen LogP contribution < -0.4 is 40.0 Å². The summed E-state index contributed by atoms with van der Waals surface area (Å²) in [5.41, 5.74) is 3.77. The zero-order valence-electron chi connectivity index (χ0n) is 24.0. The largest absolute Gasteiger partial charge is 1.00 e.